The third-order valence-electron chi connectivity index (χ3n) is 1.45. The van der Waals surface area contributed by atoms with Crippen LogP contribution in [0, 0.1) is 6.92 Å². The first-order valence-corrected chi connectivity index (χ1v) is 3.23. The van der Waals surface area contributed by atoms with E-state index in [4.69, 9.17) is 5.11 Å². The molecule has 0 saturated carbocycles. The van der Waals surface area contributed by atoms with Gasteiger partial charge in [-0.2, -0.15) is 0 Å². The van der Waals surface area contributed by atoms with Gasteiger partial charge in [-0.05, 0) is 18.6 Å². The highest BCUT2D eigenvalue weighted by atomic mass is 19.3. The minimum atomic E-state index is -2.73. The Morgan fingerprint density at radius 2 is 2.17 bits per heavy atom. The van der Waals surface area contributed by atoms with Gasteiger partial charge in [0.05, 0.1) is 5.69 Å². The van der Waals surface area contributed by atoms with E-state index < -0.39 is 23.4 Å². The number of nitrogens with one attached hydrogen (secondary N) is 1. The van der Waals surface area contributed by atoms with E-state index in [1.807, 2.05) is 4.98 Å². The molecular weight excluding hydrogens is 168 g/mol. The van der Waals surface area contributed by atoms with Gasteiger partial charge in [0.2, 0.25) is 0 Å². The van der Waals surface area contributed by atoms with Crippen molar-refractivity contribution in [2.45, 2.75) is 13.3 Å². The van der Waals surface area contributed by atoms with Crippen LogP contribution >= 0.6 is 0 Å². The van der Waals surface area contributed by atoms with E-state index in [-0.39, 0.29) is 5.56 Å². The summed E-state index contributed by atoms with van der Waals surface area (Å²) in [5, 5.41) is 8.92. The SMILES string of the molecule is Cc1cc(C(F)F)[nH]c(=O)c1O. The van der Waals surface area contributed by atoms with Crippen molar-refractivity contribution >= 4 is 0 Å². The first-order valence-electron chi connectivity index (χ1n) is 3.23. The molecule has 0 unspecified atom stereocenters. The largest absolute Gasteiger partial charge is 0.503 e. The number of pyridine rings is 1. The number of hydrogen-bond acceptors (Lipinski definition) is 2. The third-order valence-corrected chi connectivity index (χ3v) is 1.45. The van der Waals surface area contributed by atoms with E-state index in [2.05, 4.69) is 0 Å². The van der Waals surface area contributed by atoms with Crippen LogP contribution in [0.4, 0.5) is 8.78 Å². The first-order chi connectivity index (χ1) is 5.52. The van der Waals surface area contributed by atoms with Crippen molar-refractivity contribution in [2.24, 2.45) is 0 Å². The first kappa shape index (κ1) is 8.70. The van der Waals surface area contributed by atoms with Crippen molar-refractivity contribution in [3.05, 3.63) is 27.7 Å². The Labute approximate surface area is 66.7 Å². The summed E-state index contributed by atoms with van der Waals surface area (Å²) < 4.78 is 24.0. The molecule has 0 aliphatic carbocycles. The fourth-order valence-corrected chi connectivity index (χ4v) is 0.825. The number of hydrogen-bond donors (Lipinski definition) is 2. The standard InChI is InChI=1S/C7H7F2NO2/c1-3-2-4(6(8)9)10-7(12)5(3)11/h2,6,11H,1H3,(H,10,12). The van der Waals surface area contributed by atoms with Crippen LogP contribution in [0.25, 0.3) is 0 Å². The minimum Gasteiger partial charge on any atom is -0.503 e. The highest BCUT2D eigenvalue weighted by Gasteiger charge is 2.11. The van der Waals surface area contributed by atoms with Gasteiger partial charge in [-0.25, -0.2) is 8.78 Å². The fourth-order valence-electron chi connectivity index (χ4n) is 0.825. The number of aryl methyl sites for hydroxylation is 1. The molecular formula is C7H7F2NO2. The summed E-state index contributed by atoms with van der Waals surface area (Å²) in [5.41, 5.74) is -1.21. The van der Waals surface area contributed by atoms with E-state index in [1.165, 1.54) is 6.92 Å². The van der Waals surface area contributed by atoms with Crippen LogP contribution in [0.1, 0.15) is 17.7 Å². The predicted molar refractivity (Wildman–Crippen MR) is 38.4 cm³/mol. The molecule has 0 saturated heterocycles. The molecule has 0 aromatic carbocycles. The van der Waals surface area contributed by atoms with Gasteiger partial charge < -0.3 is 10.1 Å². The molecule has 12 heavy (non-hydrogen) atoms. The van der Waals surface area contributed by atoms with Crippen LogP contribution in [-0.4, -0.2) is 10.1 Å². The normalized spacial score (nSPS) is 10.7. The molecule has 2 N–H and O–H groups in total. The fraction of sp³-hybridized carbons (Fsp3) is 0.286. The highest BCUT2D eigenvalue weighted by molar-refractivity contribution is 5.29. The van der Waals surface area contributed by atoms with Gasteiger partial charge in [0, 0.05) is 0 Å². The lowest BCUT2D eigenvalue weighted by Crippen LogP contribution is -2.09. The van der Waals surface area contributed by atoms with Crippen LogP contribution in [-0.2, 0) is 0 Å². The van der Waals surface area contributed by atoms with Crippen molar-refractivity contribution < 1.29 is 13.9 Å². The molecule has 0 bridgehead atoms. The Morgan fingerprint density at radius 3 is 2.58 bits per heavy atom. The molecule has 0 radical (unpaired) electrons. The molecule has 0 fully saturated rings. The van der Waals surface area contributed by atoms with Crippen molar-refractivity contribution in [3.8, 4) is 5.75 Å². The number of aromatic nitrogens is 1. The lowest BCUT2D eigenvalue weighted by molar-refractivity contribution is 0.145. The smallest absolute Gasteiger partial charge is 0.290 e. The summed E-state index contributed by atoms with van der Waals surface area (Å²) >= 11 is 0. The molecule has 0 amide bonds. The third kappa shape index (κ3) is 1.44. The number of halogens is 2. The second-order valence-electron chi connectivity index (χ2n) is 2.39. The maximum Gasteiger partial charge on any atom is 0.290 e. The van der Waals surface area contributed by atoms with Crippen LogP contribution < -0.4 is 5.56 Å². The van der Waals surface area contributed by atoms with Crippen molar-refractivity contribution in [1.82, 2.24) is 4.98 Å². The van der Waals surface area contributed by atoms with E-state index in [0.29, 0.717) is 0 Å². The zero-order valence-corrected chi connectivity index (χ0v) is 6.27. The average Bonchev–Trinajstić information content (AvgIpc) is 1.99. The molecule has 66 valence electrons. The van der Waals surface area contributed by atoms with Gasteiger partial charge >= 0.3 is 0 Å². The average molecular weight is 175 g/mol. The van der Waals surface area contributed by atoms with E-state index in [0.717, 1.165) is 6.07 Å². The molecule has 1 heterocycles. The zero-order valence-electron chi connectivity index (χ0n) is 6.27. The van der Waals surface area contributed by atoms with Gasteiger partial charge in [-0.1, -0.05) is 0 Å². The molecule has 3 nitrogen and oxygen atoms in total. The van der Waals surface area contributed by atoms with Crippen molar-refractivity contribution in [3.63, 3.8) is 0 Å². The van der Waals surface area contributed by atoms with E-state index in [9.17, 15) is 13.6 Å². The summed E-state index contributed by atoms with van der Waals surface area (Å²) in [7, 11) is 0. The number of alkyl halides is 2. The van der Waals surface area contributed by atoms with E-state index in [1.54, 1.807) is 0 Å². The summed E-state index contributed by atoms with van der Waals surface area (Å²) in [6.45, 7) is 1.39. The molecule has 1 rings (SSSR count). The quantitative estimate of drug-likeness (QED) is 0.676. The second-order valence-corrected chi connectivity index (χ2v) is 2.39. The summed E-state index contributed by atoms with van der Waals surface area (Å²) in [4.78, 5) is 12.6. The summed E-state index contributed by atoms with van der Waals surface area (Å²) in [5.74, 6) is -0.514. The van der Waals surface area contributed by atoms with Crippen LogP contribution in [0.2, 0.25) is 0 Å². The van der Waals surface area contributed by atoms with Crippen molar-refractivity contribution in [1.29, 1.82) is 0 Å². The molecule has 1 aromatic heterocycles. The molecule has 0 atom stereocenters. The van der Waals surface area contributed by atoms with Crippen LogP contribution in [0.3, 0.4) is 0 Å². The molecule has 0 aliphatic heterocycles. The lowest BCUT2D eigenvalue weighted by Gasteiger charge is -2.01. The van der Waals surface area contributed by atoms with Crippen LogP contribution in [0.15, 0.2) is 10.9 Å². The van der Waals surface area contributed by atoms with Crippen LogP contribution in [0.5, 0.6) is 5.75 Å². The minimum absolute atomic E-state index is 0.147. The van der Waals surface area contributed by atoms with Gasteiger partial charge in [0.25, 0.3) is 12.0 Å². The molecule has 1 aromatic rings. The lowest BCUT2D eigenvalue weighted by atomic mass is 10.2. The molecule has 5 heteroatoms. The zero-order chi connectivity index (χ0) is 9.30. The number of rotatable bonds is 1. The molecule has 0 spiro atoms. The maximum absolute atomic E-state index is 12.0. The molecule has 0 aliphatic rings. The van der Waals surface area contributed by atoms with Gasteiger partial charge in [0.1, 0.15) is 0 Å². The van der Waals surface area contributed by atoms with Crippen molar-refractivity contribution in [2.75, 3.05) is 0 Å². The van der Waals surface area contributed by atoms with Gasteiger partial charge in [0.15, 0.2) is 5.75 Å². The Hall–Kier alpha value is -1.39. The van der Waals surface area contributed by atoms with Gasteiger partial charge in [-0.3, -0.25) is 4.79 Å². The second kappa shape index (κ2) is 2.92. The Morgan fingerprint density at radius 1 is 1.58 bits per heavy atom. The number of H-pyrrole nitrogens is 1. The number of aromatic hydroxyl groups is 1. The topological polar surface area (TPSA) is 53.1 Å². The Bertz CT molecular complexity index is 346. The summed E-state index contributed by atoms with van der Waals surface area (Å²) in [6, 6.07) is 1.04. The predicted octanol–water partition coefficient (Wildman–Crippen LogP) is 1.33. The highest BCUT2D eigenvalue weighted by Crippen LogP contribution is 2.18. The Balaban J connectivity index is 3.31. The summed E-state index contributed by atoms with van der Waals surface area (Å²) in [6.07, 6.45) is -2.73. The monoisotopic (exact) mass is 175 g/mol. The van der Waals surface area contributed by atoms with E-state index >= 15 is 0 Å². The Kier molecular flexibility index (Phi) is 2.12. The maximum atomic E-state index is 12.0. The number of aromatic amines is 1. The van der Waals surface area contributed by atoms with Gasteiger partial charge in [-0.15, -0.1) is 0 Å².